The zero-order valence-corrected chi connectivity index (χ0v) is 13.9. The Balaban J connectivity index is 2.12. The van der Waals surface area contributed by atoms with Crippen LogP contribution in [0.4, 0.5) is 0 Å². The maximum absolute atomic E-state index is 12.5. The first kappa shape index (κ1) is 15.3. The number of aromatic amines is 4. The molecule has 0 aliphatic heterocycles. The lowest BCUT2D eigenvalue weighted by molar-refractivity contribution is 0.940. The second kappa shape index (κ2) is 5.66. The molecule has 0 aliphatic rings. The van der Waals surface area contributed by atoms with Crippen LogP contribution in [0.15, 0.2) is 52.1 Å². The summed E-state index contributed by atoms with van der Waals surface area (Å²) in [5.74, 6) is -0.462. The van der Waals surface area contributed by atoms with Crippen LogP contribution in [0.25, 0.3) is 10.8 Å². The van der Waals surface area contributed by atoms with Crippen LogP contribution in [0, 0.1) is 13.8 Å². The number of hydrogen-bond donors (Lipinski definition) is 4. The average molecular weight is 334 g/mol. The van der Waals surface area contributed by atoms with Crippen molar-refractivity contribution < 1.29 is 0 Å². The number of rotatable bonds is 3. The second-order valence-corrected chi connectivity index (χ2v) is 6.24. The van der Waals surface area contributed by atoms with Crippen LogP contribution >= 0.6 is 0 Å². The van der Waals surface area contributed by atoms with Crippen LogP contribution in [-0.4, -0.2) is 20.4 Å². The van der Waals surface area contributed by atoms with Crippen molar-refractivity contribution in [2.75, 3.05) is 0 Å². The molecule has 25 heavy (non-hydrogen) atoms. The summed E-state index contributed by atoms with van der Waals surface area (Å²) in [6.07, 6.45) is 0. The van der Waals surface area contributed by atoms with Crippen molar-refractivity contribution in [1.29, 1.82) is 0 Å². The summed E-state index contributed by atoms with van der Waals surface area (Å²) in [5.41, 5.74) is 3.07. The minimum Gasteiger partial charge on any atom is -0.302 e. The van der Waals surface area contributed by atoms with Gasteiger partial charge in [0.15, 0.2) is 0 Å². The Labute approximate surface area is 142 Å². The van der Waals surface area contributed by atoms with Crippen molar-refractivity contribution >= 4 is 10.8 Å². The molecule has 0 atom stereocenters. The predicted octanol–water partition coefficient (Wildman–Crippen LogP) is 2.67. The Hall–Kier alpha value is -3.28. The van der Waals surface area contributed by atoms with Gasteiger partial charge in [-0.1, -0.05) is 42.5 Å². The summed E-state index contributed by atoms with van der Waals surface area (Å²) < 4.78 is 0. The Bertz CT molecular complexity index is 1120. The largest absolute Gasteiger partial charge is 0.302 e. The van der Waals surface area contributed by atoms with E-state index in [2.05, 4.69) is 20.4 Å². The highest BCUT2D eigenvalue weighted by molar-refractivity contribution is 5.87. The molecule has 2 heterocycles. The lowest BCUT2D eigenvalue weighted by Gasteiger charge is -2.18. The lowest BCUT2D eigenvalue weighted by Crippen LogP contribution is -2.20. The van der Waals surface area contributed by atoms with E-state index in [-0.39, 0.29) is 11.1 Å². The first-order valence-corrected chi connectivity index (χ1v) is 8.10. The van der Waals surface area contributed by atoms with Crippen molar-refractivity contribution in [3.8, 4) is 0 Å². The van der Waals surface area contributed by atoms with Crippen LogP contribution < -0.4 is 11.1 Å². The highest BCUT2D eigenvalue weighted by atomic mass is 16.1. The molecule has 6 nitrogen and oxygen atoms in total. The van der Waals surface area contributed by atoms with E-state index in [9.17, 15) is 9.59 Å². The zero-order valence-electron chi connectivity index (χ0n) is 13.9. The highest BCUT2D eigenvalue weighted by Crippen LogP contribution is 2.35. The van der Waals surface area contributed by atoms with Gasteiger partial charge in [-0.05, 0) is 30.2 Å². The van der Waals surface area contributed by atoms with E-state index in [1.165, 1.54) is 0 Å². The first-order valence-electron chi connectivity index (χ1n) is 8.10. The summed E-state index contributed by atoms with van der Waals surface area (Å²) in [6, 6.07) is 13.9. The van der Waals surface area contributed by atoms with Crippen LogP contribution in [0.3, 0.4) is 0 Å². The smallest absolute Gasteiger partial charge is 0.268 e. The maximum Gasteiger partial charge on any atom is 0.268 e. The van der Waals surface area contributed by atoms with Crippen molar-refractivity contribution in [1.82, 2.24) is 20.4 Å². The van der Waals surface area contributed by atoms with E-state index in [4.69, 9.17) is 0 Å². The molecule has 0 spiro atoms. The molecule has 4 N–H and O–H groups in total. The summed E-state index contributed by atoms with van der Waals surface area (Å²) in [7, 11) is 0. The molecule has 6 heteroatoms. The second-order valence-electron chi connectivity index (χ2n) is 6.24. The fraction of sp³-hybridized carbons (Fsp3) is 0.158. The molecule has 0 saturated carbocycles. The number of H-pyrrole nitrogens is 4. The topological polar surface area (TPSA) is 97.3 Å². The molecule has 0 radical (unpaired) electrons. The number of fused-ring (bicyclic) bond motifs is 1. The number of benzene rings is 2. The molecule has 0 amide bonds. The monoisotopic (exact) mass is 334 g/mol. The van der Waals surface area contributed by atoms with Crippen molar-refractivity contribution in [3.63, 3.8) is 0 Å². The molecule has 4 rings (SSSR count). The summed E-state index contributed by atoms with van der Waals surface area (Å²) >= 11 is 0. The third kappa shape index (κ3) is 2.34. The lowest BCUT2D eigenvalue weighted by atomic mass is 9.83. The maximum atomic E-state index is 12.5. The van der Waals surface area contributed by atoms with Crippen LogP contribution in [-0.2, 0) is 0 Å². The Kier molecular flexibility index (Phi) is 3.46. The normalized spacial score (nSPS) is 11.5. The Morgan fingerprint density at radius 2 is 1.28 bits per heavy atom. The molecule has 0 bridgehead atoms. The van der Waals surface area contributed by atoms with Gasteiger partial charge in [0.1, 0.15) is 0 Å². The molecule has 0 fully saturated rings. The fourth-order valence-electron chi connectivity index (χ4n) is 3.56. The molecule has 0 unspecified atom stereocenters. The van der Waals surface area contributed by atoms with E-state index < -0.39 is 5.92 Å². The summed E-state index contributed by atoms with van der Waals surface area (Å²) in [5, 5.41) is 13.1. The number of aryl methyl sites for hydroxylation is 2. The van der Waals surface area contributed by atoms with Crippen molar-refractivity contribution in [2.24, 2.45) is 0 Å². The van der Waals surface area contributed by atoms with Crippen LogP contribution in [0.1, 0.15) is 34.0 Å². The highest BCUT2D eigenvalue weighted by Gasteiger charge is 2.29. The van der Waals surface area contributed by atoms with Crippen molar-refractivity contribution in [3.05, 3.63) is 91.3 Å². The van der Waals surface area contributed by atoms with Gasteiger partial charge < -0.3 is 10.2 Å². The van der Waals surface area contributed by atoms with Gasteiger partial charge in [-0.25, -0.2) is 0 Å². The quantitative estimate of drug-likeness (QED) is 0.463. The van der Waals surface area contributed by atoms with Gasteiger partial charge in [0, 0.05) is 17.3 Å². The van der Waals surface area contributed by atoms with Gasteiger partial charge in [0.05, 0.1) is 11.1 Å². The fourth-order valence-corrected chi connectivity index (χ4v) is 3.56. The Morgan fingerprint density at radius 3 is 1.84 bits per heavy atom. The number of hydrogen-bond acceptors (Lipinski definition) is 2. The van der Waals surface area contributed by atoms with Gasteiger partial charge >= 0.3 is 0 Å². The minimum atomic E-state index is -0.462. The third-order valence-corrected chi connectivity index (χ3v) is 4.74. The summed E-state index contributed by atoms with van der Waals surface area (Å²) in [6.45, 7) is 3.67. The molecular formula is C19H18N4O2. The minimum absolute atomic E-state index is 0.213. The average Bonchev–Trinajstić information content (AvgIpc) is 3.12. The van der Waals surface area contributed by atoms with E-state index in [0.29, 0.717) is 11.1 Å². The molecule has 2 aromatic heterocycles. The van der Waals surface area contributed by atoms with Gasteiger partial charge in [0.25, 0.3) is 11.1 Å². The Morgan fingerprint density at radius 1 is 0.720 bits per heavy atom. The van der Waals surface area contributed by atoms with E-state index >= 15 is 0 Å². The standard InChI is InChI=1S/C19H18N4O2/c1-10-15(18(24)22-20-10)17(16-11(2)21-23-19(16)25)14-9-5-7-12-6-3-4-8-13(12)14/h3-9,17H,1-2H3,(H2,20,22,24)(H2,21,23,25). The third-order valence-electron chi connectivity index (χ3n) is 4.74. The van der Waals surface area contributed by atoms with E-state index in [1.54, 1.807) is 0 Å². The first-order chi connectivity index (χ1) is 12.1. The van der Waals surface area contributed by atoms with Gasteiger partial charge in [-0.2, -0.15) is 0 Å². The SMILES string of the molecule is Cc1[nH][nH]c(=O)c1C(c1c(C)[nH][nH]c1=O)c1cccc2ccccc12. The zero-order chi connectivity index (χ0) is 17.6. The van der Waals surface area contributed by atoms with Gasteiger partial charge in [-0.3, -0.25) is 19.8 Å². The number of aromatic nitrogens is 4. The van der Waals surface area contributed by atoms with E-state index in [1.807, 2.05) is 56.3 Å². The molecular weight excluding hydrogens is 316 g/mol. The molecule has 2 aromatic carbocycles. The van der Waals surface area contributed by atoms with Gasteiger partial charge in [-0.15, -0.1) is 0 Å². The van der Waals surface area contributed by atoms with Crippen LogP contribution in [0.5, 0.6) is 0 Å². The van der Waals surface area contributed by atoms with Crippen LogP contribution in [0.2, 0.25) is 0 Å². The molecule has 0 saturated heterocycles. The van der Waals surface area contributed by atoms with Gasteiger partial charge in [0.2, 0.25) is 0 Å². The van der Waals surface area contributed by atoms with Crippen molar-refractivity contribution in [2.45, 2.75) is 19.8 Å². The summed E-state index contributed by atoms with van der Waals surface area (Å²) in [4.78, 5) is 25.0. The predicted molar refractivity (Wildman–Crippen MR) is 97.2 cm³/mol. The molecule has 4 aromatic rings. The molecule has 126 valence electrons. The molecule has 0 aliphatic carbocycles. The number of nitrogens with one attached hydrogen (secondary N) is 4. The van der Waals surface area contributed by atoms with E-state index in [0.717, 1.165) is 27.7 Å².